The summed E-state index contributed by atoms with van der Waals surface area (Å²) in [6, 6.07) is 14.2. The van der Waals surface area contributed by atoms with E-state index in [-0.39, 0.29) is 5.91 Å². The number of rotatable bonds is 3. The number of nitrogens with zero attached hydrogens (tertiary/aromatic N) is 4. The smallest absolute Gasteiger partial charge is 0.260 e. The SMILES string of the molecule is C=S(N)(=O)c1ccc(Nc2ncc3c(n2)N(C)c2ccccc2C(=O)N3C)cc1. The van der Waals surface area contributed by atoms with Crippen LogP contribution >= 0.6 is 0 Å². The number of hydrogen-bond acceptors (Lipinski definition) is 6. The maximum absolute atomic E-state index is 12.8. The lowest BCUT2D eigenvalue weighted by Gasteiger charge is -2.21. The summed E-state index contributed by atoms with van der Waals surface area (Å²) in [7, 11) is 0.808. The van der Waals surface area contributed by atoms with Crippen molar-refractivity contribution in [3.05, 3.63) is 60.3 Å². The molecule has 0 aliphatic carbocycles. The van der Waals surface area contributed by atoms with Gasteiger partial charge in [-0.05, 0) is 42.3 Å². The fourth-order valence-electron chi connectivity index (χ4n) is 3.16. The molecule has 3 N–H and O–H groups in total. The number of fused-ring (bicyclic) bond motifs is 2. The lowest BCUT2D eigenvalue weighted by atomic mass is 10.1. The largest absolute Gasteiger partial charge is 0.327 e. The van der Waals surface area contributed by atoms with Crippen LogP contribution in [0, 0.1) is 0 Å². The number of nitrogens with two attached hydrogens (primary N) is 1. The van der Waals surface area contributed by atoms with Crippen LogP contribution in [0.5, 0.6) is 0 Å². The summed E-state index contributed by atoms with van der Waals surface area (Å²) in [4.78, 5) is 25.7. The summed E-state index contributed by atoms with van der Waals surface area (Å²) >= 11 is 0. The summed E-state index contributed by atoms with van der Waals surface area (Å²) in [6.45, 7) is 0. The zero-order chi connectivity index (χ0) is 20.8. The number of benzene rings is 2. The van der Waals surface area contributed by atoms with Gasteiger partial charge in [-0.3, -0.25) is 9.93 Å². The van der Waals surface area contributed by atoms with Crippen molar-refractivity contribution in [2.24, 2.45) is 5.14 Å². The number of aromatic nitrogens is 2. The first kappa shape index (κ1) is 18.9. The highest BCUT2D eigenvalue weighted by Gasteiger charge is 2.28. The molecule has 1 aromatic heterocycles. The second-order valence-corrected chi connectivity index (χ2v) is 8.64. The maximum Gasteiger partial charge on any atom is 0.260 e. The predicted molar refractivity (Wildman–Crippen MR) is 117 cm³/mol. The van der Waals surface area contributed by atoms with Crippen LogP contribution < -0.4 is 20.3 Å². The first-order chi connectivity index (χ1) is 13.8. The molecule has 1 atom stereocenters. The zero-order valence-electron chi connectivity index (χ0n) is 16.0. The molecule has 1 aliphatic rings. The van der Waals surface area contributed by atoms with Gasteiger partial charge in [0.15, 0.2) is 5.82 Å². The van der Waals surface area contributed by atoms with Crippen LogP contribution in [-0.2, 0) is 9.71 Å². The van der Waals surface area contributed by atoms with E-state index in [0.29, 0.717) is 33.6 Å². The van der Waals surface area contributed by atoms with Crippen molar-refractivity contribution >= 4 is 50.3 Å². The van der Waals surface area contributed by atoms with E-state index < -0.39 is 9.71 Å². The molecule has 0 fully saturated rings. The van der Waals surface area contributed by atoms with Crippen LogP contribution in [0.4, 0.5) is 28.8 Å². The van der Waals surface area contributed by atoms with Crippen molar-refractivity contribution in [3.8, 4) is 0 Å². The Morgan fingerprint density at radius 3 is 2.41 bits per heavy atom. The van der Waals surface area contributed by atoms with Gasteiger partial charge in [0.1, 0.15) is 5.69 Å². The second-order valence-electron chi connectivity index (χ2n) is 6.72. The Kier molecular flexibility index (Phi) is 4.48. The number of para-hydroxylation sites is 1. The van der Waals surface area contributed by atoms with E-state index in [4.69, 9.17) is 5.14 Å². The Morgan fingerprint density at radius 2 is 1.72 bits per heavy atom. The summed E-state index contributed by atoms with van der Waals surface area (Å²) in [5, 5.41) is 8.68. The topological polar surface area (TPSA) is 104 Å². The molecule has 2 heterocycles. The summed E-state index contributed by atoms with van der Waals surface area (Å²) in [6.07, 6.45) is 1.61. The molecule has 1 aliphatic heterocycles. The number of nitrogens with one attached hydrogen (secondary N) is 1. The maximum atomic E-state index is 12.8. The number of amides is 1. The molecule has 0 bridgehead atoms. The molecule has 148 valence electrons. The van der Waals surface area contributed by atoms with Crippen molar-refractivity contribution in [1.29, 1.82) is 0 Å². The third kappa shape index (κ3) is 3.41. The molecule has 0 spiro atoms. The summed E-state index contributed by atoms with van der Waals surface area (Å²) in [5.41, 5.74) is 2.68. The van der Waals surface area contributed by atoms with Gasteiger partial charge in [-0.1, -0.05) is 12.1 Å². The zero-order valence-corrected chi connectivity index (χ0v) is 16.8. The molecular formula is C20H20N6O2S. The van der Waals surface area contributed by atoms with Gasteiger partial charge < -0.3 is 15.1 Å². The highest BCUT2D eigenvalue weighted by atomic mass is 32.2. The van der Waals surface area contributed by atoms with E-state index in [0.717, 1.165) is 5.69 Å². The molecule has 0 saturated carbocycles. The summed E-state index contributed by atoms with van der Waals surface area (Å²) < 4.78 is 11.8. The number of hydrogen-bond donors (Lipinski definition) is 2. The molecule has 1 amide bonds. The average Bonchev–Trinajstić information content (AvgIpc) is 2.78. The second kappa shape index (κ2) is 6.87. The van der Waals surface area contributed by atoms with Crippen LogP contribution in [0.2, 0.25) is 0 Å². The van der Waals surface area contributed by atoms with Crippen molar-refractivity contribution in [3.63, 3.8) is 0 Å². The van der Waals surface area contributed by atoms with Gasteiger partial charge in [0.05, 0.1) is 27.2 Å². The molecule has 8 nitrogen and oxygen atoms in total. The number of anilines is 5. The fourth-order valence-corrected chi connectivity index (χ4v) is 3.76. The van der Waals surface area contributed by atoms with Gasteiger partial charge in [0.25, 0.3) is 5.91 Å². The van der Waals surface area contributed by atoms with E-state index in [2.05, 4.69) is 21.2 Å². The molecule has 9 heteroatoms. The van der Waals surface area contributed by atoms with Crippen molar-refractivity contribution in [2.45, 2.75) is 4.90 Å². The van der Waals surface area contributed by atoms with Crippen LogP contribution in [-0.4, -0.2) is 40.0 Å². The van der Waals surface area contributed by atoms with Gasteiger partial charge in [0, 0.05) is 24.7 Å². The van der Waals surface area contributed by atoms with E-state index in [1.54, 1.807) is 48.5 Å². The van der Waals surface area contributed by atoms with E-state index >= 15 is 0 Å². The molecule has 2 aromatic carbocycles. The van der Waals surface area contributed by atoms with Crippen LogP contribution in [0.1, 0.15) is 10.4 Å². The number of carbonyl (C=O) groups is 1. The van der Waals surface area contributed by atoms with E-state index in [1.807, 2.05) is 30.1 Å². The Balaban J connectivity index is 1.71. The lowest BCUT2D eigenvalue weighted by Crippen LogP contribution is -2.25. The number of carbonyl (C=O) groups excluding carboxylic acids is 1. The van der Waals surface area contributed by atoms with Crippen LogP contribution in [0.15, 0.2) is 59.6 Å². The molecule has 29 heavy (non-hydrogen) atoms. The van der Waals surface area contributed by atoms with Crippen molar-refractivity contribution < 1.29 is 9.00 Å². The molecule has 4 rings (SSSR count). The summed E-state index contributed by atoms with van der Waals surface area (Å²) in [5.74, 6) is 4.32. The Morgan fingerprint density at radius 1 is 1.03 bits per heavy atom. The van der Waals surface area contributed by atoms with Crippen LogP contribution in [0.25, 0.3) is 0 Å². The van der Waals surface area contributed by atoms with Crippen LogP contribution in [0.3, 0.4) is 0 Å². The van der Waals surface area contributed by atoms with E-state index in [1.165, 1.54) is 0 Å². The molecule has 3 aromatic rings. The Hall–Kier alpha value is -3.43. The molecule has 1 unspecified atom stereocenters. The molecule has 0 saturated heterocycles. The highest BCUT2D eigenvalue weighted by Crippen LogP contribution is 2.37. The first-order valence-electron chi connectivity index (χ1n) is 8.75. The standard InChI is InChI=1S/C20H20N6O2S/c1-25-16-7-5-4-6-15(16)19(27)26(2)17-12-22-20(24-18(17)25)23-13-8-10-14(11-9-13)29(3,21)28/h4-12H,3H2,1-2H3,(H2,21,28)(H,22,23,24). The van der Waals surface area contributed by atoms with Crippen molar-refractivity contribution in [1.82, 2.24) is 9.97 Å². The lowest BCUT2D eigenvalue weighted by molar-refractivity contribution is 0.0994. The minimum absolute atomic E-state index is 0.121. The average molecular weight is 408 g/mol. The molecule has 0 radical (unpaired) electrons. The fraction of sp³-hybridized carbons (Fsp3) is 0.100. The first-order valence-corrected chi connectivity index (χ1v) is 10.5. The Labute approximate surface area is 169 Å². The third-order valence-corrected chi connectivity index (χ3v) is 5.81. The monoisotopic (exact) mass is 408 g/mol. The van der Waals surface area contributed by atoms with Gasteiger partial charge >= 0.3 is 0 Å². The van der Waals surface area contributed by atoms with Gasteiger partial charge in [-0.15, -0.1) is 0 Å². The van der Waals surface area contributed by atoms with Crippen molar-refractivity contribution in [2.75, 3.05) is 29.2 Å². The van der Waals surface area contributed by atoms with Gasteiger partial charge in [0.2, 0.25) is 5.95 Å². The quantitative estimate of drug-likeness (QED) is 0.646. The Bertz CT molecular complexity index is 1210. The minimum Gasteiger partial charge on any atom is -0.327 e. The van der Waals surface area contributed by atoms with Gasteiger partial charge in [-0.2, -0.15) is 4.98 Å². The molecular weight excluding hydrogens is 388 g/mol. The minimum atomic E-state index is -2.76. The van der Waals surface area contributed by atoms with Gasteiger partial charge in [-0.25, -0.2) is 9.19 Å². The third-order valence-electron chi connectivity index (χ3n) is 4.74. The highest BCUT2D eigenvalue weighted by molar-refractivity contribution is 7.98. The predicted octanol–water partition coefficient (Wildman–Crippen LogP) is 2.53. The normalized spacial score (nSPS) is 15.2. The van der Waals surface area contributed by atoms with E-state index in [9.17, 15) is 9.00 Å².